The van der Waals surface area contributed by atoms with E-state index >= 15 is 0 Å². The van der Waals surface area contributed by atoms with Crippen LogP contribution in [0.15, 0.2) is 51.1 Å². The Morgan fingerprint density at radius 3 is 2.05 bits per heavy atom. The first kappa shape index (κ1) is 30.5. The number of nitrogens with zero attached hydrogens (tertiary/aromatic N) is 1. The van der Waals surface area contributed by atoms with E-state index in [9.17, 15) is 33.1 Å². The third-order valence-corrected chi connectivity index (χ3v) is 9.29. The van der Waals surface area contributed by atoms with Gasteiger partial charge in [0, 0.05) is 47.1 Å². The zero-order valence-corrected chi connectivity index (χ0v) is 24.1. The van der Waals surface area contributed by atoms with Gasteiger partial charge in [0.2, 0.25) is 5.91 Å². The first-order valence-electron chi connectivity index (χ1n) is 12.3. The smallest absolute Gasteiger partial charge is 0.260 e. The quantitative estimate of drug-likeness (QED) is 0.0811. The Balaban J connectivity index is 1.59. The lowest BCUT2D eigenvalue weighted by Crippen LogP contribution is -2.44. The van der Waals surface area contributed by atoms with E-state index in [2.05, 4.69) is 24.1 Å². The van der Waals surface area contributed by atoms with Crippen LogP contribution in [0.5, 0.6) is 5.75 Å². The van der Waals surface area contributed by atoms with Gasteiger partial charge in [-0.2, -0.15) is 8.67 Å². The van der Waals surface area contributed by atoms with Crippen molar-refractivity contribution in [2.75, 3.05) is 26.7 Å². The lowest BCUT2D eigenvalue weighted by atomic mass is 9.93. The predicted octanol–water partition coefficient (Wildman–Crippen LogP) is 1.31. The number of rotatable bonds is 11. The second-order valence-electron chi connectivity index (χ2n) is 9.27. The molecule has 2 amide bonds. The van der Waals surface area contributed by atoms with Gasteiger partial charge >= 0.3 is 0 Å². The molecule has 1 aliphatic rings. The molecule has 0 saturated carbocycles. The minimum absolute atomic E-state index is 0.0667. The highest BCUT2D eigenvalue weighted by molar-refractivity contribution is 7.95. The highest BCUT2D eigenvalue weighted by Gasteiger charge is 2.27. The highest BCUT2D eigenvalue weighted by atomic mass is 32.2. The van der Waals surface area contributed by atoms with Crippen LogP contribution in [0.1, 0.15) is 12.8 Å². The molecule has 4 aromatic carbocycles. The Morgan fingerprint density at radius 2 is 1.48 bits per heavy atom. The summed E-state index contributed by atoms with van der Waals surface area (Å²) in [6.45, 7) is 0.417. The van der Waals surface area contributed by atoms with E-state index in [-0.39, 0.29) is 40.4 Å². The minimum Gasteiger partial charge on any atom is -0.744 e. The monoisotopic (exact) mass is 637 g/mol. The zero-order chi connectivity index (χ0) is 30.0. The van der Waals surface area contributed by atoms with Gasteiger partial charge in [-0.15, -0.1) is 0 Å². The molecule has 1 aliphatic heterocycles. The van der Waals surface area contributed by atoms with Gasteiger partial charge in [-0.3, -0.25) is 19.7 Å². The lowest BCUT2D eigenvalue weighted by Gasteiger charge is -2.31. The van der Waals surface area contributed by atoms with Gasteiger partial charge in [0.25, 0.3) is 5.91 Å². The number of piperidine rings is 1. The molecule has 0 unspecified atom stereocenters. The average molecular weight is 638 g/mol. The number of likely N-dealkylation sites (tertiary alicyclic amines) is 1. The molecular formula is C25H21N2O12S3-3. The van der Waals surface area contributed by atoms with Crippen molar-refractivity contribution >= 4 is 78.3 Å². The summed E-state index contributed by atoms with van der Waals surface area (Å²) < 4.78 is 51.6. The Morgan fingerprint density at radius 1 is 0.929 bits per heavy atom. The van der Waals surface area contributed by atoms with E-state index in [1.807, 2.05) is 0 Å². The summed E-state index contributed by atoms with van der Waals surface area (Å²) in [5.74, 6) is -0.344. The van der Waals surface area contributed by atoms with Crippen molar-refractivity contribution in [1.29, 1.82) is 0 Å². The summed E-state index contributed by atoms with van der Waals surface area (Å²) in [7, 11) is -3.42. The van der Waals surface area contributed by atoms with Crippen LogP contribution in [0, 0.1) is 5.92 Å². The number of ether oxygens (including phenoxy) is 1. The van der Waals surface area contributed by atoms with E-state index in [4.69, 9.17) is 4.74 Å². The molecule has 42 heavy (non-hydrogen) atoms. The van der Waals surface area contributed by atoms with Gasteiger partial charge in [-0.05, 0) is 47.2 Å². The summed E-state index contributed by atoms with van der Waals surface area (Å²) in [6, 6.07) is 8.87. The number of nitrogens with one attached hydrogen (secondary N) is 1. The largest absolute Gasteiger partial charge is 0.744 e. The van der Waals surface area contributed by atoms with E-state index in [1.54, 1.807) is 30.1 Å². The fourth-order valence-electron chi connectivity index (χ4n) is 5.26. The average Bonchev–Trinajstić information content (AvgIpc) is 2.99. The Labute approximate surface area is 247 Å². The van der Waals surface area contributed by atoms with Crippen molar-refractivity contribution in [3.8, 4) is 5.75 Å². The van der Waals surface area contributed by atoms with Gasteiger partial charge < -0.3 is 30.0 Å². The molecule has 0 spiro atoms. The molecule has 0 radical (unpaired) electrons. The summed E-state index contributed by atoms with van der Waals surface area (Å²) in [4.78, 5) is 26.4. The first-order chi connectivity index (χ1) is 20.2. The number of carbonyl (C=O) groups excluding carboxylic acids is 2. The highest BCUT2D eigenvalue weighted by Crippen LogP contribution is 2.47. The normalized spacial score (nSPS) is 14.7. The van der Waals surface area contributed by atoms with Crippen molar-refractivity contribution in [1.82, 2.24) is 10.2 Å². The maximum absolute atomic E-state index is 13.0. The Kier molecular flexibility index (Phi) is 9.23. The van der Waals surface area contributed by atoms with Gasteiger partial charge in [0.1, 0.15) is 15.9 Å². The number of carbonyl (C=O) groups is 2. The SMILES string of the molecule is CNC(=O)C1CCN(C(=O)COc2cc(SOO[O-])c3ccc4c(SOO[O-])cc(S(=O)(=O)[O-])c5ccc2c3c45)CC1. The van der Waals surface area contributed by atoms with Crippen LogP contribution >= 0.6 is 24.1 Å². The molecule has 17 heteroatoms. The van der Waals surface area contributed by atoms with Crippen molar-refractivity contribution in [3.05, 3.63) is 36.4 Å². The lowest BCUT2D eigenvalue weighted by molar-refractivity contribution is -0.777. The van der Waals surface area contributed by atoms with Crippen LogP contribution in [0.25, 0.3) is 32.3 Å². The first-order valence-corrected chi connectivity index (χ1v) is 15.2. The molecule has 1 N–H and O–H groups in total. The van der Waals surface area contributed by atoms with Gasteiger partial charge in [-0.25, -0.2) is 8.42 Å². The Hall–Kier alpha value is -2.97. The summed E-state index contributed by atoms with van der Waals surface area (Å²) in [6.07, 6.45) is 1.04. The molecule has 224 valence electrons. The molecule has 1 heterocycles. The van der Waals surface area contributed by atoms with Crippen LogP contribution in [0.3, 0.4) is 0 Å². The molecule has 4 aromatic rings. The third-order valence-electron chi connectivity index (χ3n) is 7.14. The molecular weight excluding hydrogens is 616 g/mol. The maximum Gasteiger partial charge on any atom is 0.260 e. The number of hydrogen-bond acceptors (Lipinski definition) is 14. The van der Waals surface area contributed by atoms with E-state index in [1.165, 1.54) is 12.1 Å². The van der Waals surface area contributed by atoms with Crippen LogP contribution in [0.2, 0.25) is 0 Å². The standard InChI is InChI=1S/C25H24N2O12S3/c1-26-25(29)13-6-8-27(9-7-13)22(28)12-35-18-10-19(40-38-36-30)15-3-4-16-20(41-39-37-31)11-21(42(32,33)34)17-5-2-14(18)23(15)24(16)17/h2-5,10-11,13,30-31H,6-9,12H2,1H3,(H,26,29)(H,32,33,34)/p-3. The van der Waals surface area contributed by atoms with Crippen molar-refractivity contribution < 1.29 is 56.6 Å². The molecule has 14 nitrogen and oxygen atoms in total. The van der Waals surface area contributed by atoms with Crippen LogP contribution in [0.4, 0.5) is 0 Å². The number of amides is 2. The zero-order valence-electron chi connectivity index (χ0n) is 21.6. The van der Waals surface area contributed by atoms with Crippen LogP contribution < -0.4 is 20.6 Å². The van der Waals surface area contributed by atoms with Crippen molar-refractivity contribution in [2.24, 2.45) is 5.92 Å². The molecule has 5 rings (SSSR count). The summed E-state index contributed by atoms with van der Waals surface area (Å²) in [5, 5.41) is 32.9. The second-order valence-corrected chi connectivity index (χ2v) is 12.1. The van der Waals surface area contributed by atoms with Gasteiger partial charge in [0.05, 0.1) is 33.9 Å². The molecule has 1 fully saturated rings. The fourth-order valence-corrected chi connectivity index (χ4v) is 7.08. The molecule has 0 bridgehead atoms. The predicted molar refractivity (Wildman–Crippen MR) is 143 cm³/mol. The third kappa shape index (κ3) is 5.93. The number of hydrogen-bond donors (Lipinski definition) is 1. The minimum atomic E-state index is -4.99. The van der Waals surface area contributed by atoms with E-state index < -0.39 is 15.0 Å². The molecule has 0 aromatic heterocycles. The van der Waals surface area contributed by atoms with Gasteiger partial charge in [0.15, 0.2) is 6.61 Å². The topological polar surface area (TPSA) is 199 Å². The molecule has 0 aliphatic carbocycles. The van der Waals surface area contributed by atoms with Crippen molar-refractivity contribution in [2.45, 2.75) is 27.5 Å². The van der Waals surface area contributed by atoms with E-state index in [0.717, 1.165) is 6.07 Å². The fraction of sp³-hybridized carbons (Fsp3) is 0.280. The number of benzene rings is 4. The van der Waals surface area contributed by atoms with Gasteiger partial charge in [-0.1, -0.05) is 18.2 Å². The summed E-state index contributed by atoms with van der Waals surface area (Å²) >= 11 is 0.986. The molecule has 0 atom stereocenters. The van der Waals surface area contributed by atoms with Crippen LogP contribution in [-0.2, 0) is 38.5 Å². The maximum atomic E-state index is 13.0. The van der Waals surface area contributed by atoms with Crippen LogP contribution in [-0.4, -0.2) is 56.4 Å². The second kappa shape index (κ2) is 12.7. The Bertz CT molecular complexity index is 1740. The van der Waals surface area contributed by atoms with Crippen molar-refractivity contribution in [3.63, 3.8) is 0 Å². The van der Waals surface area contributed by atoms with E-state index in [0.29, 0.717) is 81.8 Å². The summed E-state index contributed by atoms with van der Waals surface area (Å²) in [5.41, 5.74) is 0. The molecule has 1 saturated heterocycles.